The maximum Gasteiger partial charge on any atom is 0.205 e. The molecule has 1 aromatic carbocycles. The van der Waals surface area contributed by atoms with Crippen molar-refractivity contribution in [3.05, 3.63) is 53.6 Å². The van der Waals surface area contributed by atoms with E-state index in [9.17, 15) is 0 Å². The summed E-state index contributed by atoms with van der Waals surface area (Å²) < 4.78 is 5.60. The second-order valence-corrected chi connectivity index (χ2v) is 4.56. The first-order chi connectivity index (χ1) is 9.78. The van der Waals surface area contributed by atoms with Crippen molar-refractivity contribution in [1.82, 2.24) is 9.97 Å². The maximum atomic E-state index is 5.60. The first-order valence-corrected chi connectivity index (χ1v) is 6.81. The van der Waals surface area contributed by atoms with Gasteiger partial charge in [0, 0.05) is 18.0 Å². The molecule has 0 aliphatic heterocycles. The van der Waals surface area contributed by atoms with E-state index in [0.29, 0.717) is 5.82 Å². The van der Waals surface area contributed by atoms with Gasteiger partial charge in [-0.05, 0) is 49.1 Å². The van der Waals surface area contributed by atoms with E-state index >= 15 is 0 Å². The SMILES string of the molecule is CCCCOc1ccc(C#Cc2ncc(C)cn2)cc1. The quantitative estimate of drug-likeness (QED) is 0.628. The van der Waals surface area contributed by atoms with E-state index in [-0.39, 0.29) is 0 Å². The summed E-state index contributed by atoms with van der Waals surface area (Å²) in [4.78, 5) is 8.30. The highest BCUT2D eigenvalue weighted by atomic mass is 16.5. The normalized spacial score (nSPS) is 9.70. The number of aromatic nitrogens is 2. The second-order valence-electron chi connectivity index (χ2n) is 4.56. The summed E-state index contributed by atoms with van der Waals surface area (Å²) in [5.74, 6) is 7.42. The third kappa shape index (κ3) is 4.40. The monoisotopic (exact) mass is 266 g/mol. The Morgan fingerprint density at radius 1 is 1.05 bits per heavy atom. The number of aryl methyl sites for hydroxylation is 1. The Bertz CT molecular complexity index is 592. The summed E-state index contributed by atoms with van der Waals surface area (Å²) in [7, 11) is 0. The van der Waals surface area contributed by atoms with E-state index in [0.717, 1.165) is 36.3 Å². The fourth-order valence-electron chi connectivity index (χ4n) is 1.55. The average Bonchev–Trinajstić information content (AvgIpc) is 2.48. The average molecular weight is 266 g/mol. The molecule has 1 heterocycles. The van der Waals surface area contributed by atoms with E-state index in [4.69, 9.17) is 4.74 Å². The zero-order valence-electron chi connectivity index (χ0n) is 11.9. The first-order valence-electron chi connectivity index (χ1n) is 6.81. The molecule has 0 N–H and O–H groups in total. The van der Waals surface area contributed by atoms with Gasteiger partial charge in [0.2, 0.25) is 5.82 Å². The molecule has 0 amide bonds. The Morgan fingerprint density at radius 2 is 1.75 bits per heavy atom. The molecule has 3 nitrogen and oxygen atoms in total. The van der Waals surface area contributed by atoms with E-state index in [2.05, 4.69) is 28.7 Å². The van der Waals surface area contributed by atoms with Crippen molar-refractivity contribution in [3.63, 3.8) is 0 Å². The number of hydrogen-bond donors (Lipinski definition) is 0. The van der Waals surface area contributed by atoms with E-state index in [1.807, 2.05) is 31.2 Å². The third-order valence-electron chi connectivity index (χ3n) is 2.72. The smallest absolute Gasteiger partial charge is 0.205 e. The van der Waals surface area contributed by atoms with Crippen molar-refractivity contribution in [3.8, 4) is 17.6 Å². The number of nitrogens with zero attached hydrogens (tertiary/aromatic N) is 2. The van der Waals surface area contributed by atoms with Gasteiger partial charge in [-0.3, -0.25) is 0 Å². The molecule has 1 aromatic heterocycles. The van der Waals surface area contributed by atoms with Gasteiger partial charge in [0.25, 0.3) is 0 Å². The van der Waals surface area contributed by atoms with Crippen LogP contribution in [0.3, 0.4) is 0 Å². The summed E-state index contributed by atoms with van der Waals surface area (Å²) >= 11 is 0. The lowest BCUT2D eigenvalue weighted by atomic mass is 10.2. The van der Waals surface area contributed by atoms with Crippen LogP contribution in [0.4, 0.5) is 0 Å². The van der Waals surface area contributed by atoms with Crippen molar-refractivity contribution in [2.24, 2.45) is 0 Å². The van der Waals surface area contributed by atoms with Crippen LogP contribution in [0.25, 0.3) is 0 Å². The fraction of sp³-hybridized carbons (Fsp3) is 0.294. The molecular weight excluding hydrogens is 248 g/mol. The van der Waals surface area contributed by atoms with Gasteiger partial charge in [-0.1, -0.05) is 19.3 Å². The minimum atomic E-state index is 0.541. The van der Waals surface area contributed by atoms with E-state index in [1.165, 1.54) is 0 Å². The lowest BCUT2D eigenvalue weighted by molar-refractivity contribution is 0.309. The molecule has 0 saturated heterocycles. The number of unbranched alkanes of at least 4 members (excludes halogenated alkanes) is 1. The van der Waals surface area contributed by atoms with Crippen molar-refractivity contribution in [2.75, 3.05) is 6.61 Å². The van der Waals surface area contributed by atoms with Crippen molar-refractivity contribution >= 4 is 0 Å². The van der Waals surface area contributed by atoms with Crippen LogP contribution in [0.2, 0.25) is 0 Å². The summed E-state index contributed by atoms with van der Waals surface area (Å²) in [6.07, 6.45) is 5.75. The molecule has 3 heteroatoms. The Hall–Kier alpha value is -2.34. The summed E-state index contributed by atoms with van der Waals surface area (Å²) in [6.45, 7) is 4.86. The second kappa shape index (κ2) is 7.30. The predicted octanol–water partition coefficient (Wildman–Crippen LogP) is 3.36. The lowest BCUT2D eigenvalue weighted by Crippen LogP contribution is -1.95. The topological polar surface area (TPSA) is 35.0 Å². The van der Waals surface area contributed by atoms with Gasteiger partial charge in [0.05, 0.1) is 6.61 Å². The summed E-state index contributed by atoms with van der Waals surface area (Å²) in [5.41, 5.74) is 1.96. The molecule has 20 heavy (non-hydrogen) atoms. The maximum absolute atomic E-state index is 5.60. The van der Waals surface area contributed by atoms with Crippen LogP contribution < -0.4 is 4.74 Å². The highest BCUT2D eigenvalue weighted by Gasteiger charge is 1.94. The minimum Gasteiger partial charge on any atom is -0.494 e. The van der Waals surface area contributed by atoms with Gasteiger partial charge in [-0.15, -0.1) is 0 Å². The van der Waals surface area contributed by atoms with E-state index < -0.39 is 0 Å². The van der Waals surface area contributed by atoms with Gasteiger partial charge in [0.1, 0.15) is 5.75 Å². The first kappa shape index (κ1) is 14.1. The van der Waals surface area contributed by atoms with Gasteiger partial charge < -0.3 is 4.74 Å². The summed E-state index contributed by atoms with van der Waals surface area (Å²) in [5, 5.41) is 0. The van der Waals surface area contributed by atoms with E-state index in [1.54, 1.807) is 12.4 Å². The molecule has 0 aliphatic rings. The van der Waals surface area contributed by atoms with Crippen LogP contribution in [0, 0.1) is 18.8 Å². The van der Waals surface area contributed by atoms with Crippen LogP contribution in [-0.2, 0) is 0 Å². The lowest BCUT2D eigenvalue weighted by Gasteiger charge is -2.04. The Morgan fingerprint density at radius 3 is 2.40 bits per heavy atom. The summed E-state index contributed by atoms with van der Waals surface area (Å²) in [6, 6.07) is 7.77. The Kier molecular flexibility index (Phi) is 5.14. The molecule has 0 aliphatic carbocycles. The zero-order chi connectivity index (χ0) is 14.2. The molecule has 0 fully saturated rings. The molecule has 0 radical (unpaired) electrons. The predicted molar refractivity (Wildman–Crippen MR) is 79.6 cm³/mol. The van der Waals surface area contributed by atoms with Gasteiger partial charge in [-0.25, -0.2) is 9.97 Å². The highest BCUT2D eigenvalue weighted by Crippen LogP contribution is 2.12. The number of rotatable bonds is 4. The molecule has 102 valence electrons. The van der Waals surface area contributed by atoms with Crippen LogP contribution in [0.15, 0.2) is 36.7 Å². The number of benzene rings is 1. The van der Waals surface area contributed by atoms with Crippen molar-refractivity contribution in [2.45, 2.75) is 26.7 Å². The molecule has 0 atom stereocenters. The van der Waals surface area contributed by atoms with Crippen molar-refractivity contribution < 1.29 is 4.74 Å². The highest BCUT2D eigenvalue weighted by molar-refractivity contribution is 5.40. The Balaban J connectivity index is 1.98. The molecule has 0 saturated carbocycles. The molecule has 2 rings (SSSR count). The Labute approximate surface area is 120 Å². The van der Waals surface area contributed by atoms with Crippen LogP contribution >= 0.6 is 0 Å². The number of ether oxygens (including phenoxy) is 1. The van der Waals surface area contributed by atoms with Crippen LogP contribution in [0.5, 0.6) is 5.75 Å². The number of hydrogen-bond acceptors (Lipinski definition) is 3. The van der Waals surface area contributed by atoms with Gasteiger partial charge >= 0.3 is 0 Å². The molecule has 0 spiro atoms. The van der Waals surface area contributed by atoms with Crippen molar-refractivity contribution in [1.29, 1.82) is 0 Å². The zero-order valence-corrected chi connectivity index (χ0v) is 11.9. The molecule has 2 aromatic rings. The molecular formula is C17H18N2O. The minimum absolute atomic E-state index is 0.541. The third-order valence-corrected chi connectivity index (χ3v) is 2.72. The fourth-order valence-corrected chi connectivity index (χ4v) is 1.55. The van der Waals surface area contributed by atoms with Crippen LogP contribution in [0.1, 0.15) is 36.7 Å². The standard InChI is InChI=1S/C17H18N2O/c1-3-4-11-20-16-8-5-15(6-9-16)7-10-17-18-12-14(2)13-19-17/h5-6,8-9,12-13H,3-4,11H2,1-2H3. The van der Waals surface area contributed by atoms with Gasteiger partial charge in [0.15, 0.2) is 0 Å². The molecule has 0 unspecified atom stereocenters. The van der Waals surface area contributed by atoms with Crippen LogP contribution in [-0.4, -0.2) is 16.6 Å². The van der Waals surface area contributed by atoms with Gasteiger partial charge in [-0.2, -0.15) is 0 Å². The molecule has 0 bridgehead atoms. The largest absolute Gasteiger partial charge is 0.494 e.